The van der Waals surface area contributed by atoms with Crippen molar-refractivity contribution < 1.29 is 4.92 Å². The maximum Gasteiger partial charge on any atom is 0.315 e. The molecule has 6 heteroatoms. The second-order valence-corrected chi connectivity index (χ2v) is 5.18. The third-order valence-corrected chi connectivity index (χ3v) is 3.70. The van der Waals surface area contributed by atoms with Crippen LogP contribution in [0.5, 0.6) is 0 Å². The number of benzene rings is 1. The molecule has 0 bridgehead atoms. The van der Waals surface area contributed by atoms with Gasteiger partial charge in [0.15, 0.2) is 0 Å². The van der Waals surface area contributed by atoms with Gasteiger partial charge in [-0.2, -0.15) is 0 Å². The molecule has 0 spiro atoms. The minimum atomic E-state index is -0.385. The minimum Gasteiger partial charge on any atom is -0.393 e. The highest BCUT2D eigenvalue weighted by atomic mass is 16.6. The zero-order valence-corrected chi connectivity index (χ0v) is 11.4. The zero-order valence-electron chi connectivity index (χ0n) is 11.4. The van der Waals surface area contributed by atoms with Gasteiger partial charge in [-0.1, -0.05) is 6.07 Å². The van der Waals surface area contributed by atoms with Crippen molar-refractivity contribution >= 4 is 17.1 Å². The van der Waals surface area contributed by atoms with Crippen LogP contribution in [0.2, 0.25) is 0 Å². The third kappa shape index (κ3) is 2.78. The Morgan fingerprint density at radius 3 is 2.84 bits per heavy atom. The second-order valence-electron chi connectivity index (χ2n) is 5.18. The highest BCUT2D eigenvalue weighted by Crippen LogP contribution is 2.35. The number of nitrogens with zero attached hydrogens (tertiary/aromatic N) is 3. The van der Waals surface area contributed by atoms with Crippen molar-refractivity contribution in [2.75, 3.05) is 37.8 Å². The van der Waals surface area contributed by atoms with E-state index in [4.69, 9.17) is 5.73 Å². The highest BCUT2D eigenvalue weighted by molar-refractivity contribution is 5.75. The van der Waals surface area contributed by atoms with Crippen LogP contribution in [0.25, 0.3) is 0 Å². The average Bonchev–Trinajstić information content (AvgIpc) is 2.38. The summed E-state index contributed by atoms with van der Waals surface area (Å²) in [6.07, 6.45) is 2.16. The van der Waals surface area contributed by atoms with E-state index < -0.39 is 0 Å². The van der Waals surface area contributed by atoms with Crippen molar-refractivity contribution in [1.29, 1.82) is 0 Å². The summed E-state index contributed by atoms with van der Waals surface area (Å²) in [6, 6.07) is 5.56. The number of piperidine rings is 1. The van der Waals surface area contributed by atoms with E-state index in [1.807, 2.05) is 14.1 Å². The molecule has 6 nitrogen and oxygen atoms in total. The van der Waals surface area contributed by atoms with E-state index in [9.17, 15) is 10.1 Å². The van der Waals surface area contributed by atoms with Crippen LogP contribution in [0.15, 0.2) is 18.2 Å². The van der Waals surface area contributed by atoms with Crippen LogP contribution in [0.1, 0.15) is 12.8 Å². The molecule has 0 aromatic heterocycles. The van der Waals surface area contributed by atoms with Crippen LogP contribution >= 0.6 is 0 Å². The predicted molar refractivity (Wildman–Crippen MR) is 76.4 cm³/mol. The van der Waals surface area contributed by atoms with Gasteiger partial charge in [0.25, 0.3) is 0 Å². The molecule has 1 aromatic carbocycles. The van der Waals surface area contributed by atoms with E-state index in [1.165, 1.54) is 0 Å². The van der Waals surface area contributed by atoms with E-state index in [2.05, 4.69) is 9.80 Å². The van der Waals surface area contributed by atoms with Crippen molar-refractivity contribution in [3.05, 3.63) is 28.3 Å². The van der Waals surface area contributed by atoms with Gasteiger partial charge in [-0.05, 0) is 39.1 Å². The van der Waals surface area contributed by atoms with E-state index in [-0.39, 0.29) is 16.3 Å². The van der Waals surface area contributed by atoms with Crippen LogP contribution in [0, 0.1) is 10.1 Å². The molecule has 0 radical (unpaired) electrons. The topological polar surface area (TPSA) is 75.6 Å². The Morgan fingerprint density at radius 1 is 1.47 bits per heavy atom. The van der Waals surface area contributed by atoms with Crippen LogP contribution in [0.3, 0.4) is 0 Å². The maximum atomic E-state index is 11.2. The number of hydrogen-bond acceptors (Lipinski definition) is 5. The Labute approximate surface area is 112 Å². The second kappa shape index (κ2) is 5.44. The van der Waals surface area contributed by atoms with Crippen molar-refractivity contribution in [1.82, 2.24) is 4.90 Å². The summed E-state index contributed by atoms with van der Waals surface area (Å²) >= 11 is 0. The first-order valence-corrected chi connectivity index (χ1v) is 6.45. The molecule has 19 heavy (non-hydrogen) atoms. The van der Waals surface area contributed by atoms with Gasteiger partial charge in [0.2, 0.25) is 0 Å². The summed E-state index contributed by atoms with van der Waals surface area (Å²) in [7, 11) is 4.09. The van der Waals surface area contributed by atoms with Crippen LogP contribution < -0.4 is 10.6 Å². The molecule has 0 amide bonds. The lowest BCUT2D eigenvalue weighted by atomic mass is 10.0. The molecule has 1 unspecified atom stereocenters. The summed E-state index contributed by atoms with van der Waals surface area (Å²) in [5, 5.41) is 11.2. The first-order valence-electron chi connectivity index (χ1n) is 6.45. The molecule has 1 heterocycles. The Kier molecular flexibility index (Phi) is 3.90. The predicted octanol–water partition coefficient (Wildman–Crippen LogP) is 1.71. The fourth-order valence-electron chi connectivity index (χ4n) is 2.60. The molecule has 0 aliphatic carbocycles. The number of nitro groups is 1. The molecule has 1 fully saturated rings. The smallest absolute Gasteiger partial charge is 0.315 e. The first kappa shape index (κ1) is 13.6. The summed E-state index contributed by atoms with van der Waals surface area (Å²) in [4.78, 5) is 15.0. The molecule has 1 aliphatic heterocycles. The number of nitro benzene ring substituents is 1. The molecular formula is C13H20N4O2. The molecule has 1 aliphatic rings. The van der Waals surface area contributed by atoms with Crippen molar-refractivity contribution in [3.63, 3.8) is 0 Å². The summed E-state index contributed by atoms with van der Waals surface area (Å²) < 4.78 is 0. The van der Waals surface area contributed by atoms with Gasteiger partial charge in [0.1, 0.15) is 11.4 Å². The Balaban J connectivity index is 2.31. The molecule has 0 saturated carbocycles. The van der Waals surface area contributed by atoms with Gasteiger partial charge in [0.05, 0.1) is 4.92 Å². The molecule has 1 atom stereocenters. The number of nitrogens with two attached hydrogens (primary N) is 1. The fourth-order valence-corrected chi connectivity index (χ4v) is 2.60. The summed E-state index contributed by atoms with van der Waals surface area (Å²) in [5.74, 6) is 0. The van der Waals surface area contributed by atoms with E-state index in [0.717, 1.165) is 25.9 Å². The summed E-state index contributed by atoms with van der Waals surface area (Å²) in [6.45, 7) is 1.64. The number of para-hydroxylation sites is 1. The number of nitrogen functional groups attached to an aromatic ring is 1. The quantitative estimate of drug-likeness (QED) is 0.511. The largest absolute Gasteiger partial charge is 0.393 e. The molecule has 1 aromatic rings. The molecule has 2 rings (SSSR count). The number of rotatable bonds is 3. The Bertz CT molecular complexity index is 476. The zero-order chi connectivity index (χ0) is 14.0. The normalized spacial score (nSPS) is 19.7. The molecule has 1 saturated heterocycles. The monoisotopic (exact) mass is 264 g/mol. The van der Waals surface area contributed by atoms with Crippen molar-refractivity contribution in [2.24, 2.45) is 0 Å². The highest BCUT2D eigenvalue weighted by Gasteiger charge is 2.27. The van der Waals surface area contributed by atoms with Gasteiger partial charge in [-0.3, -0.25) is 10.1 Å². The van der Waals surface area contributed by atoms with Gasteiger partial charge < -0.3 is 15.5 Å². The molecule has 104 valence electrons. The van der Waals surface area contributed by atoms with Gasteiger partial charge in [-0.15, -0.1) is 0 Å². The first-order chi connectivity index (χ1) is 9.00. The van der Waals surface area contributed by atoms with E-state index in [1.54, 1.807) is 18.2 Å². The number of anilines is 2. The standard InChI is InChI=1S/C13H20N4O2/c1-15(2)10-5-4-8-16(9-10)12-7-3-6-11(14)13(12)17(18)19/h3,6-7,10H,4-5,8-9,14H2,1-2H3. The minimum absolute atomic E-state index is 0.0295. The average molecular weight is 264 g/mol. The Morgan fingerprint density at radius 2 is 2.21 bits per heavy atom. The van der Waals surface area contributed by atoms with Crippen molar-refractivity contribution in [3.8, 4) is 0 Å². The molecular weight excluding hydrogens is 244 g/mol. The van der Waals surface area contributed by atoms with Crippen LogP contribution in [0.4, 0.5) is 17.1 Å². The number of likely N-dealkylation sites (N-methyl/N-ethyl adjacent to an activating group) is 1. The third-order valence-electron chi connectivity index (χ3n) is 3.70. The van der Waals surface area contributed by atoms with Crippen molar-refractivity contribution in [2.45, 2.75) is 18.9 Å². The van der Waals surface area contributed by atoms with Crippen LogP contribution in [-0.2, 0) is 0 Å². The van der Waals surface area contributed by atoms with Gasteiger partial charge in [-0.25, -0.2) is 0 Å². The SMILES string of the molecule is CN(C)C1CCCN(c2cccc(N)c2[N+](=O)[O-])C1. The molecule has 2 N–H and O–H groups in total. The maximum absolute atomic E-state index is 11.2. The van der Waals surface area contributed by atoms with Gasteiger partial charge in [0, 0.05) is 19.1 Å². The lowest BCUT2D eigenvalue weighted by Crippen LogP contribution is -2.45. The fraction of sp³-hybridized carbons (Fsp3) is 0.538. The lowest BCUT2D eigenvalue weighted by molar-refractivity contribution is -0.383. The number of hydrogen-bond donors (Lipinski definition) is 1. The van der Waals surface area contributed by atoms with E-state index >= 15 is 0 Å². The summed E-state index contributed by atoms with van der Waals surface area (Å²) in [5.41, 5.74) is 6.64. The Hall–Kier alpha value is -1.82. The van der Waals surface area contributed by atoms with E-state index in [0.29, 0.717) is 11.7 Å². The lowest BCUT2D eigenvalue weighted by Gasteiger charge is -2.37. The van der Waals surface area contributed by atoms with Gasteiger partial charge >= 0.3 is 5.69 Å². The van der Waals surface area contributed by atoms with Crippen LogP contribution in [-0.4, -0.2) is 43.0 Å².